The number of unbranched alkanes of at least 4 members (excludes halogenated alkanes) is 1. The molecular formula is C15H19Cl2N5. The highest BCUT2D eigenvalue weighted by atomic mass is 35.5. The van der Waals surface area contributed by atoms with Crippen molar-refractivity contribution >= 4 is 46.2 Å². The van der Waals surface area contributed by atoms with Gasteiger partial charge >= 0.3 is 0 Å². The van der Waals surface area contributed by atoms with Crippen molar-refractivity contribution in [3.63, 3.8) is 0 Å². The maximum absolute atomic E-state index is 6.18. The van der Waals surface area contributed by atoms with Gasteiger partial charge in [-0.15, -0.1) is 0 Å². The van der Waals surface area contributed by atoms with Gasteiger partial charge in [0.2, 0.25) is 0 Å². The van der Waals surface area contributed by atoms with Crippen molar-refractivity contribution in [2.24, 2.45) is 0 Å². The number of nitrogens with two attached hydrogens (primary N) is 1. The zero-order valence-corrected chi connectivity index (χ0v) is 14.1. The monoisotopic (exact) mass is 339 g/mol. The summed E-state index contributed by atoms with van der Waals surface area (Å²) in [7, 11) is 1.97. The van der Waals surface area contributed by atoms with Crippen LogP contribution in [0.1, 0.15) is 19.8 Å². The molecule has 0 fully saturated rings. The molecule has 7 heteroatoms. The van der Waals surface area contributed by atoms with Crippen LogP contribution in [0, 0.1) is 0 Å². The Morgan fingerprint density at radius 2 is 2.00 bits per heavy atom. The molecule has 3 N–H and O–H groups in total. The second-order valence-corrected chi connectivity index (χ2v) is 5.80. The van der Waals surface area contributed by atoms with Gasteiger partial charge in [0.25, 0.3) is 0 Å². The van der Waals surface area contributed by atoms with E-state index < -0.39 is 0 Å². The van der Waals surface area contributed by atoms with Crippen LogP contribution in [0.2, 0.25) is 10.0 Å². The average molecular weight is 340 g/mol. The van der Waals surface area contributed by atoms with E-state index in [0.29, 0.717) is 27.4 Å². The lowest BCUT2D eigenvalue weighted by molar-refractivity contribution is 0.759. The lowest BCUT2D eigenvalue weighted by Crippen LogP contribution is -2.21. The fraction of sp³-hybridized carbons (Fsp3) is 0.333. The Balaban J connectivity index is 2.22. The number of nitrogen functional groups attached to an aromatic ring is 1. The molecule has 0 bridgehead atoms. The number of halogens is 2. The minimum Gasteiger partial charge on any atom is -0.393 e. The van der Waals surface area contributed by atoms with Crippen LogP contribution >= 0.6 is 23.2 Å². The number of rotatable bonds is 6. The van der Waals surface area contributed by atoms with Crippen molar-refractivity contribution in [1.82, 2.24) is 9.97 Å². The molecule has 0 atom stereocenters. The highest BCUT2D eigenvalue weighted by Crippen LogP contribution is 2.30. The molecule has 0 radical (unpaired) electrons. The summed E-state index contributed by atoms with van der Waals surface area (Å²) in [6.07, 6.45) is 3.69. The normalized spacial score (nSPS) is 10.5. The van der Waals surface area contributed by atoms with Crippen LogP contribution < -0.4 is 16.0 Å². The molecule has 0 aliphatic carbocycles. The maximum Gasteiger partial charge on any atom is 0.159 e. The Labute approximate surface area is 140 Å². The lowest BCUT2D eigenvalue weighted by atomic mass is 10.3. The Bertz CT molecular complexity index is 648. The van der Waals surface area contributed by atoms with Gasteiger partial charge in [-0.2, -0.15) is 0 Å². The summed E-state index contributed by atoms with van der Waals surface area (Å²) in [5.41, 5.74) is 7.46. The standard InChI is InChI=1S/C15H19Cl2N5/c1-3-4-7-22(2)15-13(18)14(19-9-20-15)21-10-5-6-11(16)12(17)8-10/h5-6,8-9H,3-4,7,18H2,1-2H3,(H,19,20,21). The topological polar surface area (TPSA) is 67.1 Å². The number of benzene rings is 1. The van der Waals surface area contributed by atoms with Gasteiger partial charge < -0.3 is 16.0 Å². The molecule has 1 heterocycles. The van der Waals surface area contributed by atoms with Gasteiger partial charge in [0.15, 0.2) is 11.6 Å². The molecule has 2 aromatic rings. The zero-order valence-electron chi connectivity index (χ0n) is 12.6. The first-order valence-corrected chi connectivity index (χ1v) is 7.82. The van der Waals surface area contributed by atoms with E-state index >= 15 is 0 Å². The average Bonchev–Trinajstić information content (AvgIpc) is 2.50. The molecule has 0 amide bonds. The minimum absolute atomic E-state index is 0.472. The molecule has 0 aliphatic heterocycles. The molecule has 2 rings (SSSR count). The molecule has 0 spiro atoms. The van der Waals surface area contributed by atoms with Gasteiger partial charge in [-0.05, 0) is 24.6 Å². The Morgan fingerprint density at radius 1 is 1.23 bits per heavy atom. The highest BCUT2D eigenvalue weighted by molar-refractivity contribution is 6.42. The van der Waals surface area contributed by atoms with Crippen LogP contribution in [-0.2, 0) is 0 Å². The number of hydrogen-bond acceptors (Lipinski definition) is 5. The van der Waals surface area contributed by atoms with Crippen molar-refractivity contribution in [1.29, 1.82) is 0 Å². The number of nitrogens with one attached hydrogen (secondary N) is 1. The molecule has 0 saturated carbocycles. The molecule has 1 aromatic heterocycles. The van der Waals surface area contributed by atoms with Crippen molar-refractivity contribution < 1.29 is 0 Å². The predicted octanol–water partition coefficient (Wildman–Crippen LogP) is 4.35. The first-order chi connectivity index (χ1) is 10.5. The zero-order chi connectivity index (χ0) is 16.1. The third-order valence-corrected chi connectivity index (χ3v) is 3.99. The predicted molar refractivity (Wildman–Crippen MR) is 94.4 cm³/mol. The number of anilines is 4. The van der Waals surface area contributed by atoms with Gasteiger partial charge in [0.05, 0.1) is 10.0 Å². The first kappa shape index (κ1) is 16.6. The third-order valence-electron chi connectivity index (χ3n) is 3.25. The molecule has 0 unspecified atom stereocenters. The molecule has 0 saturated heterocycles. The van der Waals surface area contributed by atoms with E-state index in [1.807, 2.05) is 18.0 Å². The SMILES string of the molecule is CCCCN(C)c1ncnc(Nc2ccc(Cl)c(Cl)c2)c1N. The van der Waals surface area contributed by atoms with Crippen LogP contribution in [0.4, 0.5) is 23.0 Å². The van der Waals surface area contributed by atoms with E-state index in [-0.39, 0.29) is 0 Å². The summed E-state index contributed by atoms with van der Waals surface area (Å²) in [6.45, 7) is 3.04. The van der Waals surface area contributed by atoms with Crippen molar-refractivity contribution in [3.05, 3.63) is 34.6 Å². The fourth-order valence-electron chi connectivity index (χ4n) is 2.00. The summed E-state index contributed by atoms with van der Waals surface area (Å²) in [6, 6.07) is 5.26. The molecule has 118 valence electrons. The number of hydrogen-bond donors (Lipinski definition) is 2. The summed E-state index contributed by atoms with van der Waals surface area (Å²) < 4.78 is 0. The molecular weight excluding hydrogens is 321 g/mol. The molecule has 5 nitrogen and oxygen atoms in total. The first-order valence-electron chi connectivity index (χ1n) is 7.06. The van der Waals surface area contributed by atoms with Gasteiger partial charge in [0, 0.05) is 19.3 Å². The Kier molecular flexibility index (Phi) is 5.69. The summed E-state index contributed by atoms with van der Waals surface area (Å²) >= 11 is 11.9. The molecule has 22 heavy (non-hydrogen) atoms. The van der Waals surface area contributed by atoms with E-state index in [1.54, 1.807) is 12.1 Å². The van der Waals surface area contributed by atoms with Crippen LogP contribution in [0.25, 0.3) is 0 Å². The lowest BCUT2D eigenvalue weighted by Gasteiger charge is -2.20. The van der Waals surface area contributed by atoms with E-state index in [9.17, 15) is 0 Å². The van der Waals surface area contributed by atoms with Crippen molar-refractivity contribution in [2.75, 3.05) is 29.5 Å². The molecule has 1 aromatic carbocycles. The van der Waals surface area contributed by atoms with E-state index in [1.165, 1.54) is 6.33 Å². The van der Waals surface area contributed by atoms with Crippen molar-refractivity contribution in [2.45, 2.75) is 19.8 Å². The van der Waals surface area contributed by atoms with Gasteiger partial charge in [-0.3, -0.25) is 0 Å². The highest BCUT2D eigenvalue weighted by Gasteiger charge is 2.12. The van der Waals surface area contributed by atoms with Crippen LogP contribution in [0.5, 0.6) is 0 Å². The molecule has 0 aliphatic rings. The third kappa shape index (κ3) is 3.93. The summed E-state index contributed by atoms with van der Waals surface area (Å²) in [5, 5.41) is 4.12. The minimum atomic E-state index is 0.472. The van der Waals surface area contributed by atoms with E-state index in [0.717, 1.165) is 25.1 Å². The van der Waals surface area contributed by atoms with Gasteiger partial charge in [-0.25, -0.2) is 9.97 Å². The van der Waals surface area contributed by atoms with E-state index in [4.69, 9.17) is 28.9 Å². The van der Waals surface area contributed by atoms with Gasteiger partial charge in [-0.1, -0.05) is 36.5 Å². The second kappa shape index (κ2) is 7.51. The second-order valence-electron chi connectivity index (χ2n) is 4.99. The summed E-state index contributed by atoms with van der Waals surface area (Å²) in [4.78, 5) is 10.5. The maximum atomic E-state index is 6.18. The van der Waals surface area contributed by atoms with Crippen LogP contribution in [0.15, 0.2) is 24.5 Å². The smallest absolute Gasteiger partial charge is 0.159 e. The fourth-order valence-corrected chi connectivity index (χ4v) is 2.30. The largest absolute Gasteiger partial charge is 0.393 e. The van der Waals surface area contributed by atoms with Gasteiger partial charge in [0.1, 0.15) is 12.0 Å². The van der Waals surface area contributed by atoms with Crippen LogP contribution in [0.3, 0.4) is 0 Å². The van der Waals surface area contributed by atoms with Crippen molar-refractivity contribution in [3.8, 4) is 0 Å². The number of nitrogens with zero attached hydrogens (tertiary/aromatic N) is 3. The number of aromatic nitrogens is 2. The van der Waals surface area contributed by atoms with Crippen LogP contribution in [-0.4, -0.2) is 23.6 Å². The Morgan fingerprint density at radius 3 is 2.68 bits per heavy atom. The quantitative estimate of drug-likeness (QED) is 0.818. The van der Waals surface area contributed by atoms with E-state index in [2.05, 4.69) is 22.2 Å². The Hall–Kier alpha value is -1.72. The summed E-state index contributed by atoms with van der Waals surface area (Å²) in [5.74, 6) is 1.26.